The lowest BCUT2D eigenvalue weighted by molar-refractivity contribution is 0.0257. The van der Waals surface area contributed by atoms with E-state index in [9.17, 15) is 17.2 Å². The maximum absolute atomic E-state index is 13.6. The van der Waals surface area contributed by atoms with Crippen molar-refractivity contribution in [1.29, 1.82) is 0 Å². The van der Waals surface area contributed by atoms with Gasteiger partial charge in [-0.3, -0.25) is 0 Å². The average Bonchev–Trinajstić information content (AvgIpc) is 3.10. The molecule has 128 valence electrons. The molecule has 6 nitrogen and oxygen atoms in total. The van der Waals surface area contributed by atoms with Crippen molar-refractivity contribution in [2.24, 2.45) is 0 Å². The molecule has 0 radical (unpaired) electrons. The summed E-state index contributed by atoms with van der Waals surface area (Å²) in [4.78, 5) is 3.94. The zero-order chi connectivity index (χ0) is 17.2. The van der Waals surface area contributed by atoms with Crippen LogP contribution in [0.1, 0.15) is 36.7 Å². The second-order valence-electron chi connectivity index (χ2n) is 6.37. The van der Waals surface area contributed by atoms with Gasteiger partial charge in [0, 0.05) is 5.41 Å². The molecular weight excluding hydrogens is 340 g/mol. The van der Waals surface area contributed by atoms with Crippen LogP contribution in [-0.4, -0.2) is 40.2 Å². The van der Waals surface area contributed by atoms with Crippen LogP contribution in [0, 0.1) is 0 Å². The first-order valence-corrected chi connectivity index (χ1v) is 9.04. The molecule has 2 heterocycles. The Balaban J connectivity index is 1.82. The molecule has 0 amide bonds. The smallest absolute Gasteiger partial charge is 0.375 e. The molecule has 2 aliphatic rings. The van der Waals surface area contributed by atoms with Gasteiger partial charge in [0.05, 0.1) is 6.04 Å². The third-order valence-corrected chi connectivity index (χ3v) is 6.39. The Morgan fingerprint density at radius 2 is 1.96 bits per heavy atom. The number of halogens is 2. The number of nitrogens with zero attached hydrogens (tertiary/aromatic N) is 3. The summed E-state index contributed by atoms with van der Waals surface area (Å²) in [6, 6.07) is 9.17. The van der Waals surface area contributed by atoms with Crippen LogP contribution in [0.15, 0.2) is 35.5 Å². The topological polar surface area (TPSA) is 85.1 Å². The third kappa shape index (κ3) is 2.04. The second kappa shape index (κ2) is 4.82. The van der Waals surface area contributed by atoms with Gasteiger partial charge in [-0.2, -0.15) is 8.78 Å². The number of hydrogen-bond donors (Lipinski definition) is 1. The highest BCUT2D eigenvalue weighted by Gasteiger charge is 2.57. The largest absolute Gasteiger partial charge is 0.389 e. The molecule has 0 bridgehead atoms. The molecule has 1 fully saturated rings. The number of aliphatic hydroxyl groups excluding tert-OH is 1. The molecule has 1 saturated carbocycles. The van der Waals surface area contributed by atoms with Gasteiger partial charge in [-0.25, -0.2) is 18.1 Å². The highest BCUT2D eigenvalue weighted by atomic mass is 32.2. The minimum absolute atomic E-state index is 0.220. The van der Waals surface area contributed by atoms with Crippen LogP contribution in [0.25, 0.3) is 0 Å². The monoisotopic (exact) mass is 355 g/mol. The fourth-order valence-corrected chi connectivity index (χ4v) is 4.11. The minimum atomic E-state index is -5.12. The van der Waals surface area contributed by atoms with E-state index in [0.717, 1.165) is 24.8 Å². The lowest BCUT2D eigenvalue weighted by Crippen LogP contribution is -2.33. The van der Waals surface area contributed by atoms with E-state index in [2.05, 4.69) is 10.1 Å². The Morgan fingerprint density at radius 1 is 1.29 bits per heavy atom. The molecule has 1 aliphatic heterocycles. The quantitative estimate of drug-likeness (QED) is 0.902. The van der Waals surface area contributed by atoms with Crippen molar-refractivity contribution in [1.82, 2.24) is 14.8 Å². The molecule has 0 saturated heterocycles. The molecule has 1 aromatic heterocycles. The van der Waals surface area contributed by atoms with Gasteiger partial charge in [-0.1, -0.05) is 30.3 Å². The minimum Gasteiger partial charge on any atom is -0.389 e. The molecule has 9 heteroatoms. The van der Waals surface area contributed by atoms with Crippen LogP contribution < -0.4 is 0 Å². The van der Waals surface area contributed by atoms with Crippen LogP contribution in [0.5, 0.6) is 0 Å². The van der Waals surface area contributed by atoms with Crippen LogP contribution >= 0.6 is 0 Å². The SMILES string of the molecule is O=S(=O)(c1nc2n(n1)[C@H](c1ccccc1)CC21CC1)C(F)(F)CO. The molecule has 1 atom stereocenters. The van der Waals surface area contributed by atoms with E-state index in [1.807, 2.05) is 30.3 Å². The number of benzene rings is 1. The molecule has 1 aliphatic carbocycles. The van der Waals surface area contributed by atoms with Crippen molar-refractivity contribution in [3.05, 3.63) is 41.7 Å². The Morgan fingerprint density at radius 3 is 2.54 bits per heavy atom. The van der Waals surface area contributed by atoms with Crippen LogP contribution in [0.4, 0.5) is 8.78 Å². The zero-order valence-corrected chi connectivity index (χ0v) is 13.4. The fourth-order valence-electron chi connectivity index (χ4n) is 3.28. The lowest BCUT2D eigenvalue weighted by Gasteiger charge is -2.14. The number of sulfone groups is 1. The first kappa shape index (κ1) is 15.6. The molecule has 1 spiro atoms. The standard InChI is InChI=1S/C15H15F2N3O3S/c16-15(17,9-21)24(22,23)13-18-12-14(6-7-14)8-11(20(12)19-13)10-4-2-1-3-5-10/h1-5,11,21H,6-9H2/t11-/m0/s1. The van der Waals surface area contributed by atoms with Crippen molar-refractivity contribution >= 4 is 9.84 Å². The summed E-state index contributed by atoms with van der Waals surface area (Å²) in [5.41, 5.74) is 0.667. The predicted molar refractivity (Wildman–Crippen MR) is 79.4 cm³/mol. The van der Waals surface area contributed by atoms with E-state index in [4.69, 9.17) is 5.11 Å². The van der Waals surface area contributed by atoms with Crippen molar-refractivity contribution in [3.8, 4) is 0 Å². The number of alkyl halides is 2. The molecule has 2 aromatic rings. The number of fused-ring (bicyclic) bond motifs is 2. The highest BCUT2D eigenvalue weighted by Crippen LogP contribution is 2.58. The number of rotatable bonds is 4. The van der Waals surface area contributed by atoms with Crippen LogP contribution in [-0.2, 0) is 15.3 Å². The summed E-state index contributed by atoms with van der Waals surface area (Å²) in [6.07, 6.45) is 2.42. The maximum Gasteiger partial charge on any atom is 0.375 e. The van der Waals surface area contributed by atoms with Gasteiger partial charge < -0.3 is 5.11 Å². The van der Waals surface area contributed by atoms with Crippen LogP contribution in [0.3, 0.4) is 0 Å². The molecule has 0 unspecified atom stereocenters. The summed E-state index contributed by atoms with van der Waals surface area (Å²) in [5.74, 6) is 0.448. The molecule has 24 heavy (non-hydrogen) atoms. The van der Waals surface area contributed by atoms with E-state index < -0.39 is 26.9 Å². The second-order valence-corrected chi connectivity index (χ2v) is 8.34. The zero-order valence-electron chi connectivity index (χ0n) is 12.6. The summed E-state index contributed by atoms with van der Waals surface area (Å²) < 4.78 is 52.7. The fraction of sp³-hybridized carbons (Fsp3) is 0.467. The summed E-state index contributed by atoms with van der Waals surface area (Å²) >= 11 is 0. The van der Waals surface area contributed by atoms with Crippen LogP contribution in [0.2, 0.25) is 0 Å². The summed E-state index contributed by atoms with van der Waals surface area (Å²) in [7, 11) is -5.12. The number of aromatic nitrogens is 3. The molecule has 4 rings (SSSR count). The van der Waals surface area contributed by atoms with E-state index in [0.29, 0.717) is 5.82 Å². The lowest BCUT2D eigenvalue weighted by atomic mass is 9.97. The number of hydrogen-bond acceptors (Lipinski definition) is 5. The van der Waals surface area contributed by atoms with E-state index >= 15 is 0 Å². The van der Waals surface area contributed by atoms with Crippen molar-refractivity contribution in [3.63, 3.8) is 0 Å². The average molecular weight is 355 g/mol. The van der Waals surface area contributed by atoms with E-state index in [-0.39, 0.29) is 11.5 Å². The third-order valence-electron chi connectivity index (χ3n) is 4.82. The molecule has 1 aromatic carbocycles. The van der Waals surface area contributed by atoms with Gasteiger partial charge in [0.25, 0.3) is 15.0 Å². The van der Waals surface area contributed by atoms with Gasteiger partial charge in [-0.15, -0.1) is 5.10 Å². The molecular formula is C15H15F2N3O3S. The van der Waals surface area contributed by atoms with Gasteiger partial charge in [0.15, 0.2) is 0 Å². The first-order valence-electron chi connectivity index (χ1n) is 7.56. The Bertz CT molecular complexity index is 892. The normalized spacial score (nSPS) is 21.9. The molecule has 1 N–H and O–H groups in total. The van der Waals surface area contributed by atoms with Gasteiger partial charge >= 0.3 is 5.25 Å². The Hall–Kier alpha value is -1.87. The van der Waals surface area contributed by atoms with Gasteiger partial charge in [0.1, 0.15) is 12.4 Å². The first-order chi connectivity index (χ1) is 11.3. The maximum atomic E-state index is 13.6. The van der Waals surface area contributed by atoms with Crippen molar-refractivity contribution in [2.45, 2.75) is 41.1 Å². The Labute approximate surface area is 137 Å². The highest BCUT2D eigenvalue weighted by molar-refractivity contribution is 7.92. The summed E-state index contributed by atoms with van der Waals surface area (Å²) in [5, 5.41) is 7.38. The Kier molecular flexibility index (Phi) is 3.14. The van der Waals surface area contributed by atoms with Gasteiger partial charge in [0.2, 0.25) is 0 Å². The van der Waals surface area contributed by atoms with Gasteiger partial charge in [-0.05, 0) is 24.8 Å². The van der Waals surface area contributed by atoms with Crippen molar-refractivity contribution in [2.75, 3.05) is 6.61 Å². The predicted octanol–water partition coefficient (Wildman–Crippen LogP) is 1.66. The van der Waals surface area contributed by atoms with E-state index in [1.54, 1.807) is 0 Å². The van der Waals surface area contributed by atoms with Crippen molar-refractivity contribution < 1.29 is 22.3 Å². The van der Waals surface area contributed by atoms with E-state index in [1.165, 1.54) is 4.68 Å². The number of aliphatic hydroxyl groups is 1. The summed E-state index contributed by atoms with van der Waals surface area (Å²) in [6.45, 7) is -1.80.